The summed E-state index contributed by atoms with van der Waals surface area (Å²) in [6.45, 7) is 10.8. The number of nitrogens with zero attached hydrogens (tertiary/aromatic N) is 1. The fraction of sp³-hybridized carbons (Fsp3) is 0.600. The van der Waals surface area contributed by atoms with Crippen LogP contribution in [0.4, 0.5) is 0 Å². The average molecular weight is 265 g/mol. The Bertz CT molecular complexity index is 447. The summed E-state index contributed by atoms with van der Waals surface area (Å²) in [6.07, 6.45) is 0.920. The highest BCUT2D eigenvalue weighted by Crippen LogP contribution is 2.24. The van der Waals surface area contributed by atoms with Crippen LogP contribution in [0.15, 0.2) is 12.1 Å². The van der Waals surface area contributed by atoms with Gasteiger partial charge in [-0.15, -0.1) is 0 Å². The van der Waals surface area contributed by atoms with Gasteiger partial charge < -0.3 is 9.84 Å². The number of aromatic nitrogens is 1. The van der Waals surface area contributed by atoms with Crippen LogP contribution < -0.4 is 4.74 Å². The van der Waals surface area contributed by atoms with Gasteiger partial charge in [0.15, 0.2) is 0 Å². The zero-order chi connectivity index (χ0) is 14.6. The van der Waals surface area contributed by atoms with Crippen molar-refractivity contribution in [2.45, 2.75) is 46.5 Å². The topological polar surface area (TPSA) is 59.4 Å². The molecule has 4 nitrogen and oxygen atoms in total. The van der Waals surface area contributed by atoms with Gasteiger partial charge in [0.2, 0.25) is 5.88 Å². The monoisotopic (exact) mass is 265 g/mol. The number of hydrogen-bond acceptors (Lipinski definition) is 3. The Morgan fingerprint density at radius 3 is 2.47 bits per heavy atom. The molecular weight excluding hydrogens is 242 g/mol. The maximum atomic E-state index is 11.1. The van der Waals surface area contributed by atoms with Crippen LogP contribution in [-0.4, -0.2) is 22.7 Å². The first-order valence-electron chi connectivity index (χ1n) is 6.59. The van der Waals surface area contributed by atoms with E-state index in [0.29, 0.717) is 18.4 Å². The van der Waals surface area contributed by atoms with E-state index in [1.165, 1.54) is 6.07 Å². The normalized spacial score (nSPS) is 11.7. The zero-order valence-electron chi connectivity index (χ0n) is 12.4. The Kier molecular flexibility index (Phi) is 4.92. The molecule has 19 heavy (non-hydrogen) atoms. The molecule has 0 saturated heterocycles. The van der Waals surface area contributed by atoms with E-state index in [4.69, 9.17) is 9.84 Å². The largest absolute Gasteiger partial charge is 0.478 e. The summed E-state index contributed by atoms with van der Waals surface area (Å²) in [4.78, 5) is 15.5. The number of carboxylic acids is 1. The maximum Gasteiger partial charge on any atom is 0.335 e. The van der Waals surface area contributed by atoms with Gasteiger partial charge in [-0.2, -0.15) is 0 Å². The smallest absolute Gasteiger partial charge is 0.335 e. The van der Waals surface area contributed by atoms with Crippen LogP contribution in [0.1, 0.15) is 57.1 Å². The lowest BCUT2D eigenvalue weighted by molar-refractivity contribution is 0.0696. The molecule has 0 aliphatic rings. The van der Waals surface area contributed by atoms with Crippen LogP contribution in [0.5, 0.6) is 5.88 Å². The fourth-order valence-corrected chi connectivity index (χ4v) is 1.49. The highest BCUT2D eigenvalue weighted by Gasteiger charge is 2.19. The first kappa shape index (κ1) is 15.5. The van der Waals surface area contributed by atoms with Crippen molar-refractivity contribution in [3.05, 3.63) is 23.4 Å². The minimum absolute atomic E-state index is 0.207. The number of rotatable bonds is 5. The molecule has 1 N–H and O–H groups in total. The minimum atomic E-state index is -0.957. The summed E-state index contributed by atoms with van der Waals surface area (Å²) in [5.41, 5.74) is 0.744. The molecular formula is C15H23NO3. The lowest BCUT2D eigenvalue weighted by atomic mass is 9.91. The Hall–Kier alpha value is -1.58. The highest BCUT2D eigenvalue weighted by atomic mass is 16.5. The second kappa shape index (κ2) is 6.04. The molecule has 0 aromatic carbocycles. The first-order valence-corrected chi connectivity index (χ1v) is 6.59. The molecule has 0 radical (unpaired) electrons. The van der Waals surface area contributed by atoms with E-state index in [1.807, 2.05) is 20.8 Å². The molecule has 1 aromatic heterocycles. The molecule has 4 heteroatoms. The number of carbonyl (C=O) groups is 1. The van der Waals surface area contributed by atoms with Crippen molar-refractivity contribution in [3.63, 3.8) is 0 Å². The Morgan fingerprint density at radius 1 is 1.37 bits per heavy atom. The van der Waals surface area contributed by atoms with Crippen molar-refractivity contribution >= 4 is 5.97 Å². The molecule has 1 aromatic rings. The van der Waals surface area contributed by atoms with Crippen molar-refractivity contribution in [2.24, 2.45) is 5.92 Å². The quantitative estimate of drug-likeness (QED) is 0.885. The number of carboxylic acid groups (broad SMARTS) is 1. The highest BCUT2D eigenvalue weighted by molar-refractivity contribution is 5.88. The third kappa shape index (κ3) is 4.89. The van der Waals surface area contributed by atoms with Gasteiger partial charge in [0.1, 0.15) is 0 Å². The van der Waals surface area contributed by atoms with Crippen LogP contribution in [-0.2, 0) is 5.41 Å². The Balaban J connectivity index is 2.97. The number of aromatic carboxylic acids is 1. The van der Waals surface area contributed by atoms with E-state index in [2.05, 4.69) is 18.8 Å². The molecule has 0 fully saturated rings. The maximum absolute atomic E-state index is 11.1. The number of ether oxygens (including phenoxy) is 1. The summed E-state index contributed by atoms with van der Waals surface area (Å²) < 4.78 is 5.57. The van der Waals surface area contributed by atoms with Gasteiger partial charge in [-0.1, -0.05) is 34.6 Å². The Morgan fingerprint density at radius 2 is 2.00 bits per heavy atom. The summed E-state index contributed by atoms with van der Waals surface area (Å²) >= 11 is 0. The molecule has 1 rings (SSSR count). The third-order valence-corrected chi connectivity index (χ3v) is 2.76. The Labute approximate surface area is 114 Å². The van der Waals surface area contributed by atoms with E-state index in [0.717, 1.165) is 12.1 Å². The van der Waals surface area contributed by atoms with E-state index >= 15 is 0 Å². The second-order valence-corrected chi connectivity index (χ2v) is 6.17. The van der Waals surface area contributed by atoms with Crippen LogP contribution in [0.3, 0.4) is 0 Å². The predicted octanol–water partition coefficient (Wildman–Crippen LogP) is 3.50. The van der Waals surface area contributed by atoms with Gasteiger partial charge in [0.05, 0.1) is 17.9 Å². The average Bonchev–Trinajstić information content (AvgIpc) is 2.26. The lowest BCUT2D eigenvalue weighted by Gasteiger charge is -2.19. The van der Waals surface area contributed by atoms with Gasteiger partial charge in [-0.3, -0.25) is 0 Å². The number of pyridine rings is 1. The van der Waals surface area contributed by atoms with Crippen LogP contribution in [0.2, 0.25) is 0 Å². The zero-order valence-corrected chi connectivity index (χ0v) is 12.4. The lowest BCUT2D eigenvalue weighted by Crippen LogP contribution is -2.16. The molecule has 106 valence electrons. The van der Waals surface area contributed by atoms with E-state index in [-0.39, 0.29) is 11.0 Å². The molecule has 0 unspecified atom stereocenters. The molecule has 0 spiro atoms. The predicted molar refractivity (Wildman–Crippen MR) is 74.8 cm³/mol. The molecule has 0 aliphatic heterocycles. The minimum Gasteiger partial charge on any atom is -0.478 e. The van der Waals surface area contributed by atoms with E-state index < -0.39 is 5.97 Å². The third-order valence-electron chi connectivity index (χ3n) is 2.76. The number of hydrogen-bond donors (Lipinski definition) is 1. The van der Waals surface area contributed by atoms with Gasteiger partial charge in [0, 0.05) is 11.5 Å². The summed E-state index contributed by atoms with van der Waals surface area (Å²) in [6, 6.07) is 3.09. The standard InChI is InChI=1S/C15H23NO3/c1-10(2)6-7-19-13-9-11(14(17)18)8-12(16-13)15(3,4)5/h8-10H,6-7H2,1-5H3,(H,17,18). The molecule has 1 heterocycles. The van der Waals surface area contributed by atoms with E-state index in [1.54, 1.807) is 6.07 Å². The van der Waals surface area contributed by atoms with Crippen molar-refractivity contribution in [1.82, 2.24) is 4.98 Å². The van der Waals surface area contributed by atoms with Crippen molar-refractivity contribution < 1.29 is 14.6 Å². The first-order chi connectivity index (χ1) is 8.70. The summed E-state index contributed by atoms with van der Waals surface area (Å²) in [5.74, 6) is -0.0168. The van der Waals surface area contributed by atoms with Gasteiger partial charge in [0.25, 0.3) is 0 Å². The van der Waals surface area contributed by atoms with Crippen LogP contribution in [0, 0.1) is 5.92 Å². The van der Waals surface area contributed by atoms with Gasteiger partial charge >= 0.3 is 5.97 Å². The summed E-state index contributed by atoms with van der Waals surface area (Å²) in [5, 5.41) is 9.13. The SMILES string of the molecule is CC(C)CCOc1cc(C(=O)O)cc(C(C)(C)C)n1. The van der Waals surface area contributed by atoms with Crippen molar-refractivity contribution in [3.8, 4) is 5.88 Å². The van der Waals surface area contributed by atoms with Crippen LogP contribution >= 0.6 is 0 Å². The van der Waals surface area contributed by atoms with Gasteiger partial charge in [-0.25, -0.2) is 9.78 Å². The molecule has 0 aliphatic carbocycles. The molecule has 0 amide bonds. The molecule has 0 bridgehead atoms. The summed E-state index contributed by atoms with van der Waals surface area (Å²) in [7, 11) is 0. The van der Waals surface area contributed by atoms with E-state index in [9.17, 15) is 4.79 Å². The van der Waals surface area contributed by atoms with Crippen molar-refractivity contribution in [2.75, 3.05) is 6.61 Å². The van der Waals surface area contributed by atoms with Crippen LogP contribution in [0.25, 0.3) is 0 Å². The molecule has 0 atom stereocenters. The van der Waals surface area contributed by atoms with Crippen molar-refractivity contribution in [1.29, 1.82) is 0 Å². The fourth-order valence-electron chi connectivity index (χ4n) is 1.49. The molecule has 0 saturated carbocycles. The van der Waals surface area contributed by atoms with Gasteiger partial charge in [-0.05, 0) is 18.4 Å². The second-order valence-electron chi connectivity index (χ2n) is 6.17.